The topological polar surface area (TPSA) is 35.5 Å². The van der Waals surface area contributed by atoms with Crippen molar-refractivity contribution < 1.29 is 14.3 Å². The van der Waals surface area contributed by atoms with Gasteiger partial charge in [0.1, 0.15) is 21.4 Å². The average Bonchev–Trinajstić information content (AvgIpc) is 2.46. The normalized spacial score (nSPS) is 18.7. The van der Waals surface area contributed by atoms with E-state index in [9.17, 15) is 4.79 Å². The van der Waals surface area contributed by atoms with E-state index in [0.29, 0.717) is 16.9 Å². The van der Waals surface area contributed by atoms with E-state index in [-0.39, 0.29) is 12.4 Å². The lowest BCUT2D eigenvalue weighted by atomic mass is 9.34. The fourth-order valence-corrected chi connectivity index (χ4v) is 1.82. The molecule has 3 nitrogen and oxygen atoms in total. The fraction of sp³-hybridized carbons (Fsp3) is 0.364. The fourth-order valence-electron chi connectivity index (χ4n) is 1.82. The van der Waals surface area contributed by atoms with Gasteiger partial charge < -0.3 is 9.47 Å². The van der Waals surface area contributed by atoms with Crippen LogP contribution in [0.3, 0.4) is 0 Å². The van der Waals surface area contributed by atoms with Crippen LogP contribution >= 0.6 is 0 Å². The zero-order valence-electron chi connectivity index (χ0n) is 9.97. The summed E-state index contributed by atoms with van der Waals surface area (Å²) in [7, 11) is 24.5. The molecule has 1 aliphatic rings. The van der Waals surface area contributed by atoms with Gasteiger partial charge in [-0.3, -0.25) is 4.79 Å². The minimum Gasteiger partial charge on any atom is -0.507 e. The van der Waals surface area contributed by atoms with Gasteiger partial charge in [0.05, 0.1) is 29.2 Å². The summed E-state index contributed by atoms with van der Waals surface area (Å²) in [5, 5.41) is -3.20. The molecular weight excluding hydrogens is 223 g/mol. The summed E-state index contributed by atoms with van der Waals surface area (Å²) in [6.45, 7) is 0. The molecule has 82 valence electrons. The molecule has 0 aromatic heterocycles. The second-order valence-electron chi connectivity index (χ2n) is 4.35. The van der Waals surface area contributed by atoms with Crippen LogP contribution in [0.4, 0.5) is 0 Å². The van der Waals surface area contributed by atoms with E-state index >= 15 is 0 Å². The van der Waals surface area contributed by atoms with E-state index in [1.807, 2.05) is 0 Å². The van der Waals surface area contributed by atoms with Gasteiger partial charge >= 0.3 is 5.97 Å². The first-order chi connectivity index (χ1) is 8.28. The molecule has 18 heavy (non-hydrogen) atoms. The predicted molar refractivity (Wildman–Crippen MR) is 70.2 cm³/mol. The molecule has 1 aromatic rings. The summed E-state index contributed by atoms with van der Waals surface area (Å²) < 4.78 is 9.87. The zero-order chi connectivity index (χ0) is 13.6. The average molecular weight is 231 g/mol. The Hall–Kier alpha value is -1.25. The molecule has 0 bridgehead atoms. The van der Waals surface area contributed by atoms with Gasteiger partial charge in [0.2, 0.25) is 0 Å². The Labute approximate surface area is 111 Å². The van der Waals surface area contributed by atoms with Crippen LogP contribution in [0.25, 0.3) is 0 Å². The van der Waals surface area contributed by atoms with Gasteiger partial charge in [0, 0.05) is 5.40 Å². The van der Waals surface area contributed by atoms with Crippen molar-refractivity contribution in [3.05, 3.63) is 29.3 Å². The maximum absolute atomic E-state index is 11.2. The van der Waals surface area contributed by atoms with Crippen LogP contribution in [0, 0.1) is 0 Å². The third kappa shape index (κ3) is 1.96. The van der Waals surface area contributed by atoms with Gasteiger partial charge in [-0.2, -0.15) is 0 Å². The van der Waals surface area contributed by atoms with Crippen LogP contribution in [0.5, 0.6) is 5.75 Å². The molecule has 0 fully saturated rings. The van der Waals surface area contributed by atoms with E-state index in [1.54, 1.807) is 18.2 Å². The van der Waals surface area contributed by atoms with Crippen molar-refractivity contribution in [1.29, 1.82) is 0 Å². The maximum atomic E-state index is 11.2. The number of carbonyl (C=O) groups excluding carboxylic acids is 1. The van der Waals surface area contributed by atoms with Gasteiger partial charge in [-0.1, -0.05) is 17.3 Å². The number of ether oxygens (including phenoxy) is 2. The SMILES string of the molecule is [B]C1([B])Oc2ccc(CC(=O)OC)cc2C1([B])[B]. The van der Waals surface area contributed by atoms with Crippen molar-refractivity contribution in [1.82, 2.24) is 0 Å². The molecule has 0 atom stereocenters. The summed E-state index contributed by atoms with van der Waals surface area (Å²) in [4.78, 5) is 11.2. The number of esters is 1. The largest absolute Gasteiger partial charge is 0.507 e. The smallest absolute Gasteiger partial charge is 0.309 e. The van der Waals surface area contributed by atoms with Gasteiger partial charge in [0.25, 0.3) is 0 Å². The number of rotatable bonds is 2. The van der Waals surface area contributed by atoms with Crippen LogP contribution < -0.4 is 4.74 Å². The molecule has 0 saturated carbocycles. The Morgan fingerprint density at radius 1 is 1.33 bits per heavy atom. The summed E-state index contributed by atoms with van der Waals surface area (Å²) in [6.07, 6.45) is 0.113. The predicted octanol–water partition coefficient (Wildman–Crippen LogP) is -0.725. The Kier molecular flexibility index (Phi) is 3.04. The third-order valence-electron chi connectivity index (χ3n) is 2.99. The lowest BCUT2D eigenvalue weighted by Crippen LogP contribution is -2.53. The number of hydrogen-bond acceptors (Lipinski definition) is 3. The minimum absolute atomic E-state index is 0.113. The van der Waals surface area contributed by atoms with E-state index in [2.05, 4.69) is 4.74 Å². The molecule has 0 unspecified atom stereocenters. The highest BCUT2D eigenvalue weighted by molar-refractivity contribution is 6.54. The molecule has 1 aromatic carbocycles. The third-order valence-corrected chi connectivity index (χ3v) is 2.99. The van der Waals surface area contributed by atoms with Crippen molar-refractivity contribution in [3.63, 3.8) is 0 Å². The lowest BCUT2D eigenvalue weighted by molar-refractivity contribution is -0.139. The molecule has 1 aliphatic heterocycles. The molecule has 0 spiro atoms. The van der Waals surface area contributed by atoms with Crippen molar-refractivity contribution >= 4 is 37.4 Å². The van der Waals surface area contributed by atoms with Gasteiger partial charge in [-0.25, -0.2) is 0 Å². The van der Waals surface area contributed by atoms with Crippen LogP contribution in [-0.4, -0.2) is 49.9 Å². The van der Waals surface area contributed by atoms with Crippen molar-refractivity contribution in [2.45, 2.75) is 17.0 Å². The van der Waals surface area contributed by atoms with Crippen LogP contribution in [0.1, 0.15) is 11.1 Å². The van der Waals surface area contributed by atoms with Crippen LogP contribution in [0.2, 0.25) is 0 Å². The van der Waals surface area contributed by atoms with Crippen molar-refractivity contribution in [2.24, 2.45) is 0 Å². The molecule has 7 heteroatoms. The first-order valence-corrected chi connectivity index (χ1v) is 5.32. The molecular formula is C11H8B4O3. The number of benzene rings is 1. The second-order valence-corrected chi connectivity index (χ2v) is 4.35. The standard InChI is InChI=1S/C11H8B4O3/c1-17-9(16)5-6-2-3-8-7(4-6)10(12,13)11(14,15)18-8/h2-4H,5H2,1H3. The van der Waals surface area contributed by atoms with E-state index < -0.39 is 10.6 Å². The zero-order valence-corrected chi connectivity index (χ0v) is 9.97. The van der Waals surface area contributed by atoms with Gasteiger partial charge in [-0.15, -0.1) is 0 Å². The Bertz CT molecular complexity index is 499. The van der Waals surface area contributed by atoms with E-state index in [4.69, 9.17) is 36.1 Å². The van der Waals surface area contributed by atoms with Gasteiger partial charge in [-0.05, 0) is 17.2 Å². The number of fused-ring (bicyclic) bond motifs is 1. The Morgan fingerprint density at radius 2 is 2.00 bits per heavy atom. The number of methoxy groups -OCH3 is 1. The quantitative estimate of drug-likeness (QED) is 0.498. The minimum atomic E-state index is -1.68. The Morgan fingerprint density at radius 3 is 2.61 bits per heavy atom. The summed E-state index contributed by atoms with van der Waals surface area (Å²) >= 11 is 0. The second kappa shape index (κ2) is 4.15. The lowest BCUT2D eigenvalue weighted by Gasteiger charge is -2.36. The molecule has 0 amide bonds. The highest BCUT2D eigenvalue weighted by Gasteiger charge is 2.45. The maximum Gasteiger partial charge on any atom is 0.309 e. The molecule has 0 aliphatic carbocycles. The van der Waals surface area contributed by atoms with Crippen molar-refractivity contribution in [2.75, 3.05) is 7.11 Å². The van der Waals surface area contributed by atoms with Crippen LogP contribution in [-0.2, 0) is 21.2 Å². The molecule has 1 heterocycles. The molecule has 0 saturated heterocycles. The summed E-state index contributed by atoms with van der Waals surface area (Å²) in [6, 6.07) is 4.98. The van der Waals surface area contributed by atoms with E-state index in [0.717, 1.165) is 0 Å². The highest BCUT2D eigenvalue weighted by Crippen LogP contribution is 2.43. The Balaban J connectivity index is 2.38. The number of carbonyl (C=O) groups is 1. The van der Waals surface area contributed by atoms with Crippen molar-refractivity contribution in [3.8, 4) is 5.75 Å². The number of hydrogen-bond donors (Lipinski definition) is 0. The molecule has 8 radical (unpaired) electrons. The first kappa shape index (κ1) is 13.2. The molecule has 0 N–H and O–H groups in total. The molecule has 2 rings (SSSR count). The monoisotopic (exact) mass is 232 g/mol. The summed E-state index contributed by atoms with van der Waals surface area (Å²) in [5.41, 5.74) is 1.16. The summed E-state index contributed by atoms with van der Waals surface area (Å²) in [5.74, 6) is 0.0545. The first-order valence-electron chi connectivity index (χ1n) is 5.32. The van der Waals surface area contributed by atoms with Gasteiger partial charge in [0.15, 0.2) is 0 Å². The highest BCUT2D eigenvalue weighted by atomic mass is 16.5. The van der Waals surface area contributed by atoms with E-state index in [1.165, 1.54) is 7.11 Å². The van der Waals surface area contributed by atoms with Crippen LogP contribution in [0.15, 0.2) is 18.2 Å².